The van der Waals surface area contributed by atoms with E-state index in [0.717, 1.165) is 5.56 Å². The summed E-state index contributed by atoms with van der Waals surface area (Å²) in [5, 5.41) is 2.74. The average Bonchev–Trinajstić information content (AvgIpc) is 2.24. The highest BCUT2D eigenvalue weighted by atomic mass is 19.1. The Labute approximate surface area is 119 Å². The summed E-state index contributed by atoms with van der Waals surface area (Å²) >= 11 is 0. The van der Waals surface area contributed by atoms with E-state index in [9.17, 15) is 9.18 Å². The first-order valence-electron chi connectivity index (χ1n) is 6.65. The lowest BCUT2D eigenvalue weighted by Crippen LogP contribution is -2.43. The van der Waals surface area contributed by atoms with Crippen LogP contribution in [0.25, 0.3) is 0 Å². The number of halogens is 1. The highest BCUT2D eigenvalue weighted by Gasteiger charge is 2.15. The van der Waals surface area contributed by atoms with Gasteiger partial charge in [0.25, 0.3) is 5.91 Å². The van der Waals surface area contributed by atoms with Gasteiger partial charge in [-0.2, -0.15) is 0 Å². The summed E-state index contributed by atoms with van der Waals surface area (Å²) in [7, 11) is 0. The number of hydrogen-bond donors (Lipinski definition) is 2. The van der Waals surface area contributed by atoms with E-state index in [-0.39, 0.29) is 29.8 Å². The molecule has 0 heterocycles. The highest BCUT2D eigenvalue weighted by Crippen LogP contribution is 2.19. The Hall–Kier alpha value is -1.62. The van der Waals surface area contributed by atoms with Crippen molar-refractivity contribution in [2.45, 2.75) is 45.7 Å². The van der Waals surface area contributed by atoms with E-state index >= 15 is 0 Å². The van der Waals surface area contributed by atoms with Gasteiger partial charge in [-0.1, -0.05) is 6.07 Å². The summed E-state index contributed by atoms with van der Waals surface area (Å²) in [6, 6.07) is 4.64. The highest BCUT2D eigenvalue weighted by molar-refractivity contribution is 5.78. The van der Waals surface area contributed by atoms with E-state index in [4.69, 9.17) is 10.5 Å². The van der Waals surface area contributed by atoms with Gasteiger partial charge >= 0.3 is 0 Å². The van der Waals surface area contributed by atoms with Crippen molar-refractivity contribution in [2.24, 2.45) is 5.73 Å². The number of ether oxygens (including phenoxy) is 1. The SMILES string of the molecule is CC(N)Cc1ccc(OCC(=O)NC(C)(C)C)c(F)c1. The third kappa shape index (κ3) is 6.02. The summed E-state index contributed by atoms with van der Waals surface area (Å²) in [6.07, 6.45) is 0.599. The monoisotopic (exact) mass is 282 g/mol. The van der Waals surface area contributed by atoms with Gasteiger partial charge in [0, 0.05) is 11.6 Å². The van der Waals surface area contributed by atoms with Crippen LogP contribution in [0.3, 0.4) is 0 Å². The molecule has 1 atom stereocenters. The summed E-state index contributed by atoms with van der Waals surface area (Å²) in [4.78, 5) is 11.6. The lowest BCUT2D eigenvalue weighted by Gasteiger charge is -2.20. The van der Waals surface area contributed by atoms with Crippen molar-refractivity contribution in [3.63, 3.8) is 0 Å². The third-order valence-electron chi connectivity index (χ3n) is 2.43. The minimum absolute atomic E-state index is 0.0290. The molecule has 0 bridgehead atoms. The second-order valence-corrected chi connectivity index (χ2v) is 6.03. The zero-order chi connectivity index (χ0) is 15.3. The molecule has 0 aliphatic carbocycles. The molecule has 1 unspecified atom stereocenters. The number of carbonyl (C=O) groups is 1. The van der Waals surface area contributed by atoms with E-state index in [1.807, 2.05) is 27.7 Å². The Morgan fingerprint density at radius 1 is 1.45 bits per heavy atom. The summed E-state index contributed by atoms with van der Waals surface area (Å²) in [5.74, 6) is -0.689. The Balaban J connectivity index is 2.59. The van der Waals surface area contributed by atoms with Gasteiger partial charge in [-0.05, 0) is 51.8 Å². The molecule has 112 valence electrons. The summed E-state index contributed by atoms with van der Waals surface area (Å²) in [5.41, 5.74) is 6.14. The van der Waals surface area contributed by atoms with Crippen LogP contribution >= 0.6 is 0 Å². The van der Waals surface area contributed by atoms with E-state index in [1.165, 1.54) is 12.1 Å². The molecule has 0 aliphatic heterocycles. The van der Waals surface area contributed by atoms with Crippen LogP contribution in [0, 0.1) is 5.82 Å². The van der Waals surface area contributed by atoms with Gasteiger partial charge < -0.3 is 15.8 Å². The van der Waals surface area contributed by atoms with Crippen LogP contribution in [-0.4, -0.2) is 24.1 Å². The van der Waals surface area contributed by atoms with Crippen LogP contribution in [0.5, 0.6) is 5.75 Å². The molecule has 1 aromatic rings. The fourth-order valence-electron chi connectivity index (χ4n) is 1.76. The van der Waals surface area contributed by atoms with Crippen molar-refractivity contribution in [3.05, 3.63) is 29.6 Å². The molecule has 1 aromatic carbocycles. The summed E-state index contributed by atoms with van der Waals surface area (Å²) in [6.45, 7) is 7.26. The number of carbonyl (C=O) groups excluding carboxylic acids is 1. The minimum Gasteiger partial charge on any atom is -0.481 e. The smallest absolute Gasteiger partial charge is 0.258 e. The lowest BCUT2D eigenvalue weighted by molar-refractivity contribution is -0.124. The molecule has 20 heavy (non-hydrogen) atoms. The Kier molecular flexibility index (Phi) is 5.51. The Morgan fingerprint density at radius 2 is 2.10 bits per heavy atom. The molecule has 5 heteroatoms. The second kappa shape index (κ2) is 6.70. The van der Waals surface area contributed by atoms with Crippen LogP contribution in [0.1, 0.15) is 33.3 Å². The quantitative estimate of drug-likeness (QED) is 0.868. The van der Waals surface area contributed by atoms with Crippen molar-refractivity contribution < 1.29 is 13.9 Å². The van der Waals surface area contributed by atoms with Crippen molar-refractivity contribution in [1.82, 2.24) is 5.32 Å². The van der Waals surface area contributed by atoms with Crippen molar-refractivity contribution in [1.29, 1.82) is 0 Å². The maximum absolute atomic E-state index is 13.8. The molecule has 4 nitrogen and oxygen atoms in total. The standard InChI is InChI=1S/C15H23FN2O2/c1-10(17)7-11-5-6-13(12(16)8-11)20-9-14(19)18-15(2,3)4/h5-6,8,10H,7,9,17H2,1-4H3,(H,18,19). The van der Waals surface area contributed by atoms with E-state index in [0.29, 0.717) is 6.42 Å². The predicted molar refractivity (Wildman–Crippen MR) is 77.1 cm³/mol. The van der Waals surface area contributed by atoms with E-state index < -0.39 is 5.82 Å². The van der Waals surface area contributed by atoms with Crippen LogP contribution in [0.2, 0.25) is 0 Å². The van der Waals surface area contributed by atoms with Crippen molar-refractivity contribution in [2.75, 3.05) is 6.61 Å². The number of nitrogens with two attached hydrogens (primary N) is 1. The number of nitrogens with one attached hydrogen (secondary N) is 1. The van der Waals surface area contributed by atoms with Crippen molar-refractivity contribution >= 4 is 5.91 Å². The lowest BCUT2D eigenvalue weighted by atomic mass is 10.1. The molecule has 0 saturated heterocycles. The molecule has 0 aromatic heterocycles. The first-order chi connectivity index (χ1) is 9.17. The molecular formula is C15H23FN2O2. The van der Waals surface area contributed by atoms with Gasteiger partial charge in [0.1, 0.15) is 0 Å². The largest absolute Gasteiger partial charge is 0.481 e. The average molecular weight is 282 g/mol. The fourth-order valence-corrected chi connectivity index (χ4v) is 1.76. The van der Waals surface area contributed by atoms with Crippen LogP contribution in [-0.2, 0) is 11.2 Å². The molecule has 0 spiro atoms. The molecule has 0 saturated carbocycles. The molecule has 0 fully saturated rings. The maximum atomic E-state index is 13.8. The van der Waals surface area contributed by atoms with Crippen LogP contribution in [0.4, 0.5) is 4.39 Å². The fraction of sp³-hybridized carbons (Fsp3) is 0.533. The zero-order valence-corrected chi connectivity index (χ0v) is 12.5. The molecule has 3 N–H and O–H groups in total. The molecule has 1 rings (SSSR count). The first kappa shape index (κ1) is 16.4. The van der Waals surface area contributed by atoms with Gasteiger partial charge in [-0.15, -0.1) is 0 Å². The van der Waals surface area contributed by atoms with E-state index in [1.54, 1.807) is 6.07 Å². The zero-order valence-electron chi connectivity index (χ0n) is 12.5. The molecule has 0 radical (unpaired) electrons. The van der Waals surface area contributed by atoms with Gasteiger partial charge in [0.15, 0.2) is 18.2 Å². The normalized spacial score (nSPS) is 12.9. The van der Waals surface area contributed by atoms with Crippen LogP contribution < -0.4 is 15.8 Å². The van der Waals surface area contributed by atoms with Crippen molar-refractivity contribution in [3.8, 4) is 5.75 Å². The van der Waals surface area contributed by atoms with E-state index in [2.05, 4.69) is 5.32 Å². The second-order valence-electron chi connectivity index (χ2n) is 6.03. The topological polar surface area (TPSA) is 64.3 Å². The number of benzene rings is 1. The minimum atomic E-state index is -0.480. The first-order valence-corrected chi connectivity index (χ1v) is 6.65. The molecule has 1 amide bonds. The Morgan fingerprint density at radius 3 is 2.60 bits per heavy atom. The molecule has 0 aliphatic rings. The van der Waals surface area contributed by atoms with Gasteiger partial charge in [0.05, 0.1) is 0 Å². The number of amides is 1. The number of rotatable bonds is 5. The number of hydrogen-bond acceptors (Lipinski definition) is 3. The van der Waals surface area contributed by atoms with Gasteiger partial charge in [-0.3, -0.25) is 4.79 Å². The van der Waals surface area contributed by atoms with Gasteiger partial charge in [0.2, 0.25) is 0 Å². The van der Waals surface area contributed by atoms with Gasteiger partial charge in [-0.25, -0.2) is 4.39 Å². The van der Waals surface area contributed by atoms with Crippen LogP contribution in [0.15, 0.2) is 18.2 Å². The predicted octanol–water partition coefficient (Wildman–Crippen LogP) is 2.01. The maximum Gasteiger partial charge on any atom is 0.258 e. The summed E-state index contributed by atoms with van der Waals surface area (Å²) < 4.78 is 19.0. The Bertz CT molecular complexity index is 467. The third-order valence-corrected chi connectivity index (χ3v) is 2.43. The molecular weight excluding hydrogens is 259 g/mol.